The lowest BCUT2D eigenvalue weighted by Crippen LogP contribution is -2.50. The second-order valence-electron chi connectivity index (χ2n) is 4.31. The van der Waals surface area contributed by atoms with Crippen molar-refractivity contribution in [2.45, 2.75) is 18.6 Å². The van der Waals surface area contributed by atoms with Crippen LogP contribution in [0.3, 0.4) is 0 Å². The fourth-order valence-electron chi connectivity index (χ4n) is 2.59. The summed E-state index contributed by atoms with van der Waals surface area (Å²) >= 11 is 0. The lowest BCUT2D eigenvalue weighted by molar-refractivity contribution is -0.175. The molecule has 2 rings (SSSR count). The SMILES string of the molecule is O=C(O)[C@@H]1C2C=CC(C2)[C@H]1NC(=O)C(F)(F)F. The Labute approximate surface area is 94.5 Å². The summed E-state index contributed by atoms with van der Waals surface area (Å²) in [7, 11) is 0. The average Bonchev–Trinajstić information content (AvgIpc) is 2.75. The molecular formula is C10H10F3NO3. The van der Waals surface area contributed by atoms with Gasteiger partial charge in [-0.25, -0.2) is 0 Å². The number of carbonyl (C=O) groups excluding carboxylic acids is 1. The van der Waals surface area contributed by atoms with Crippen molar-refractivity contribution in [3.05, 3.63) is 12.2 Å². The maximum atomic E-state index is 12.1. The van der Waals surface area contributed by atoms with Gasteiger partial charge in [0.15, 0.2) is 0 Å². The summed E-state index contributed by atoms with van der Waals surface area (Å²) in [5.74, 6) is -4.80. The zero-order valence-corrected chi connectivity index (χ0v) is 8.57. The molecule has 1 fully saturated rings. The van der Waals surface area contributed by atoms with E-state index in [1.165, 1.54) is 0 Å². The fourth-order valence-corrected chi connectivity index (χ4v) is 2.59. The van der Waals surface area contributed by atoms with E-state index in [4.69, 9.17) is 5.11 Å². The zero-order valence-electron chi connectivity index (χ0n) is 8.57. The molecule has 0 aliphatic heterocycles. The van der Waals surface area contributed by atoms with Gasteiger partial charge in [-0.2, -0.15) is 13.2 Å². The van der Waals surface area contributed by atoms with E-state index < -0.39 is 30.0 Å². The minimum absolute atomic E-state index is 0.281. The predicted octanol–water partition coefficient (Wildman–Crippen LogP) is 0.940. The number of hydrogen-bond acceptors (Lipinski definition) is 2. The highest BCUT2D eigenvalue weighted by Crippen LogP contribution is 2.44. The molecule has 0 aromatic heterocycles. The molecule has 2 aliphatic carbocycles. The standard InChI is InChI=1S/C10H10F3NO3/c11-10(12,13)9(17)14-7-5-2-1-4(3-5)6(7)8(15)16/h1-2,4-7H,3H2,(H,14,17)(H,15,16)/t4?,5?,6-,7-/m1/s1. The van der Waals surface area contributed by atoms with Crippen molar-refractivity contribution >= 4 is 11.9 Å². The molecule has 4 atom stereocenters. The van der Waals surface area contributed by atoms with Crippen LogP contribution in [0.2, 0.25) is 0 Å². The van der Waals surface area contributed by atoms with E-state index in [0.29, 0.717) is 6.42 Å². The third-order valence-electron chi connectivity index (χ3n) is 3.30. The van der Waals surface area contributed by atoms with Gasteiger partial charge in [0.25, 0.3) is 0 Å². The summed E-state index contributed by atoms with van der Waals surface area (Å²) in [6.45, 7) is 0. The molecule has 0 heterocycles. The first kappa shape index (κ1) is 11.9. The molecule has 2 aliphatic rings. The number of fused-ring (bicyclic) bond motifs is 2. The van der Waals surface area contributed by atoms with Crippen molar-refractivity contribution in [1.29, 1.82) is 0 Å². The predicted molar refractivity (Wildman–Crippen MR) is 49.8 cm³/mol. The second-order valence-corrected chi connectivity index (χ2v) is 4.31. The minimum Gasteiger partial charge on any atom is -0.481 e. The Morgan fingerprint density at radius 3 is 2.35 bits per heavy atom. The lowest BCUT2D eigenvalue weighted by atomic mass is 9.89. The molecule has 1 amide bonds. The van der Waals surface area contributed by atoms with Gasteiger partial charge < -0.3 is 10.4 Å². The van der Waals surface area contributed by atoms with Crippen LogP contribution in [-0.2, 0) is 9.59 Å². The third kappa shape index (κ3) is 2.01. The largest absolute Gasteiger partial charge is 0.481 e. The van der Waals surface area contributed by atoms with E-state index in [2.05, 4.69) is 0 Å². The van der Waals surface area contributed by atoms with Crippen molar-refractivity contribution in [1.82, 2.24) is 5.32 Å². The highest BCUT2D eigenvalue weighted by Gasteiger charge is 2.51. The number of allylic oxidation sites excluding steroid dienone is 1. The Hall–Kier alpha value is -1.53. The summed E-state index contributed by atoms with van der Waals surface area (Å²) in [6.07, 6.45) is -1.13. The number of carboxylic acid groups (broad SMARTS) is 1. The Kier molecular flexibility index (Phi) is 2.63. The van der Waals surface area contributed by atoms with Crippen molar-refractivity contribution in [2.75, 3.05) is 0 Å². The first-order valence-corrected chi connectivity index (χ1v) is 5.09. The number of hydrogen-bond donors (Lipinski definition) is 2. The number of nitrogens with one attached hydrogen (secondary N) is 1. The first-order valence-electron chi connectivity index (χ1n) is 5.09. The molecule has 0 radical (unpaired) electrons. The van der Waals surface area contributed by atoms with Crippen LogP contribution in [0, 0.1) is 17.8 Å². The van der Waals surface area contributed by atoms with Gasteiger partial charge in [0.05, 0.1) is 5.92 Å². The lowest BCUT2D eigenvalue weighted by Gasteiger charge is -2.26. The van der Waals surface area contributed by atoms with Crippen molar-refractivity contribution in [3.8, 4) is 0 Å². The van der Waals surface area contributed by atoms with Crippen LogP contribution in [0.25, 0.3) is 0 Å². The van der Waals surface area contributed by atoms with Crippen LogP contribution in [0.15, 0.2) is 12.2 Å². The van der Waals surface area contributed by atoms with Gasteiger partial charge in [0.1, 0.15) is 0 Å². The van der Waals surface area contributed by atoms with Crippen LogP contribution in [0.5, 0.6) is 0 Å². The van der Waals surface area contributed by atoms with Gasteiger partial charge in [-0.05, 0) is 18.3 Å². The van der Waals surface area contributed by atoms with Crippen molar-refractivity contribution in [2.24, 2.45) is 17.8 Å². The Bertz CT molecular complexity index is 391. The Morgan fingerprint density at radius 2 is 1.82 bits per heavy atom. The van der Waals surface area contributed by atoms with Gasteiger partial charge >= 0.3 is 18.1 Å². The molecular weight excluding hydrogens is 239 g/mol. The molecule has 2 bridgehead atoms. The van der Waals surface area contributed by atoms with Crippen molar-refractivity contribution in [3.63, 3.8) is 0 Å². The maximum absolute atomic E-state index is 12.1. The second kappa shape index (κ2) is 3.75. The van der Waals surface area contributed by atoms with Gasteiger partial charge in [-0.15, -0.1) is 0 Å². The zero-order chi connectivity index (χ0) is 12.8. The number of halogens is 3. The number of carbonyl (C=O) groups is 2. The molecule has 0 aromatic rings. The number of amides is 1. The summed E-state index contributed by atoms with van der Waals surface area (Å²) in [4.78, 5) is 21.8. The number of carboxylic acids is 1. The molecule has 2 unspecified atom stereocenters. The summed E-state index contributed by atoms with van der Waals surface area (Å²) in [6, 6.07) is -0.961. The Balaban J connectivity index is 2.13. The topological polar surface area (TPSA) is 66.4 Å². The highest BCUT2D eigenvalue weighted by molar-refractivity contribution is 5.83. The van der Waals surface area contributed by atoms with E-state index in [0.717, 1.165) is 0 Å². The average molecular weight is 249 g/mol. The summed E-state index contributed by atoms with van der Waals surface area (Å²) in [5.41, 5.74) is 0. The summed E-state index contributed by atoms with van der Waals surface area (Å²) in [5, 5.41) is 10.7. The van der Waals surface area contributed by atoms with Gasteiger partial charge in [-0.3, -0.25) is 9.59 Å². The molecule has 0 aromatic carbocycles. The normalized spacial score (nSPS) is 35.0. The number of rotatable bonds is 2. The van der Waals surface area contributed by atoms with Gasteiger partial charge in [0.2, 0.25) is 0 Å². The number of aliphatic carboxylic acids is 1. The number of alkyl halides is 3. The van der Waals surface area contributed by atoms with Crippen LogP contribution in [0.4, 0.5) is 13.2 Å². The van der Waals surface area contributed by atoms with Crippen LogP contribution in [-0.4, -0.2) is 29.2 Å². The molecule has 17 heavy (non-hydrogen) atoms. The Morgan fingerprint density at radius 1 is 1.24 bits per heavy atom. The quantitative estimate of drug-likeness (QED) is 0.716. The van der Waals surface area contributed by atoms with E-state index >= 15 is 0 Å². The molecule has 7 heteroatoms. The third-order valence-corrected chi connectivity index (χ3v) is 3.30. The van der Waals surface area contributed by atoms with Crippen LogP contribution < -0.4 is 5.32 Å². The van der Waals surface area contributed by atoms with E-state index in [-0.39, 0.29) is 11.8 Å². The smallest absolute Gasteiger partial charge is 0.471 e. The monoisotopic (exact) mass is 249 g/mol. The van der Waals surface area contributed by atoms with Gasteiger partial charge in [0, 0.05) is 6.04 Å². The first-order chi connectivity index (χ1) is 7.80. The molecule has 1 saturated carbocycles. The molecule has 0 saturated heterocycles. The van der Waals surface area contributed by atoms with Crippen LogP contribution in [0.1, 0.15) is 6.42 Å². The van der Waals surface area contributed by atoms with Gasteiger partial charge in [-0.1, -0.05) is 12.2 Å². The van der Waals surface area contributed by atoms with E-state index in [9.17, 15) is 22.8 Å². The van der Waals surface area contributed by atoms with E-state index in [1.54, 1.807) is 17.5 Å². The van der Waals surface area contributed by atoms with Crippen molar-refractivity contribution < 1.29 is 27.9 Å². The molecule has 0 spiro atoms. The minimum atomic E-state index is -4.98. The van der Waals surface area contributed by atoms with Crippen LogP contribution >= 0.6 is 0 Å². The molecule has 2 N–H and O–H groups in total. The molecule has 4 nitrogen and oxygen atoms in total. The van der Waals surface area contributed by atoms with E-state index in [1.807, 2.05) is 0 Å². The fraction of sp³-hybridized carbons (Fsp3) is 0.600. The summed E-state index contributed by atoms with van der Waals surface area (Å²) < 4.78 is 36.3. The maximum Gasteiger partial charge on any atom is 0.471 e. The highest BCUT2D eigenvalue weighted by atomic mass is 19.4. The molecule has 94 valence electrons.